The third kappa shape index (κ3) is 7.03. The Bertz CT molecular complexity index is 1420. The van der Waals surface area contributed by atoms with Crippen LogP contribution in [-0.4, -0.2) is 30.4 Å². The zero-order chi connectivity index (χ0) is 27.9. The average molecular weight is 570 g/mol. The fourth-order valence-corrected chi connectivity index (χ4v) is 5.97. The van der Waals surface area contributed by atoms with Crippen molar-refractivity contribution >= 4 is 34.7 Å². The van der Waals surface area contributed by atoms with Gasteiger partial charge in [-0.2, -0.15) is 0 Å². The summed E-state index contributed by atoms with van der Waals surface area (Å²) in [5.74, 6) is -0.135. The van der Waals surface area contributed by atoms with Gasteiger partial charge in [0.25, 0.3) is 0 Å². The molecule has 5 rings (SSSR count). The topological polar surface area (TPSA) is 46.3 Å². The number of piperidine rings is 1. The number of rotatable bonds is 9. The molecule has 0 radical (unpaired) electrons. The van der Waals surface area contributed by atoms with E-state index in [0.717, 1.165) is 45.3 Å². The maximum atomic E-state index is 11.5. The second-order valence-electron chi connectivity index (χ2n) is 10.5. The van der Waals surface area contributed by atoms with Gasteiger partial charge in [-0.15, -0.1) is 0 Å². The maximum Gasteiger partial charge on any atom is 0.248 e. The zero-order valence-corrected chi connectivity index (χ0v) is 24.0. The fourth-order valence-electron chi connectivity index (χ4n) is 5.66. The molecule has 204 valence electrons. The van der Waals surface area contributed by atoms with Crippen LogP contribution < -0.4 is 5.73 Å². The van der Waals surface area contributed by atoms with Crippen molar-refractivity contribution in [2.24, 2.45) is 5.73 Å². The van der Waals surface area contributed by atoms with Gasteiger partial charge in [-0.25, -0.2) is 0 Å². The number of hydrogen-bond donors (Lipinski definition) is 1. The van der Waals surface area contributed by atoms with Crippen molar-refractivity contribution in [3.8, 4) is 0 Å². The average Bonchev–Trinajstić information content (AvgIpc) is 2.99. The van der Waals surface area contributed by atoms with E-state index in [9.17, 15) is 4.79 Å². The summed E-state index contributed by atoms with van der Waals surface area (Å²) in [6.07, 6.45) is 3.97. The van der Waals surface area contributed by atoms with Gasteiger partial charge in [0.1, 0.15) is 0 Å². The molecule has 4 aromatic carbocycles. The molecular formula is C35H34Cl2N2O. The molecule has 1 aliphatic rings. The number of hydrogen-bond acceptors (Lipinski definition) is 2. The smallest absolute Gasteiger partial charge is 0.248 e. The summed E-state index contributed by atoms with van der Waals surface area (Å²) in [4.78, 5) is 14.1. The number of nitrogens with zero attached hydrogens (tertiary/aromatic N) is 1. The Labute approximate surface area is 247 Å². The van der Waals surface area contributed by atoms with Gasteiger partial charge >= 0.3 is 0 Å². The molecule has 1 saturated heterocycles. The molecule has 0 aromatic heterocycles. The molecule has 0 saturated carbocycles. The summed E-state index contributed by atoms with van der Waals surface area (Å²) in [5, 5.41) is 1.15. The Morgan fingerprint density at radius 2 is 1.35 bits per heavy atom. The summed E-state index contributed by atoms with van der Waals surface area (Å²) in [6.45, 7) is 3.09. The maximum absolute atomic E-state index is 11.5. The Balaban J connectivity index is 1.30. The van der Waals surface area contributed by atoms with E-state index in [2.05, 4.69) is 71.6 Å². The van der Waals surface area contributed by atoms with Gasteiger partial charge in [-0.1, -0.05) is 108 Å². The van der Waals surface area contributed by atoms with Gasteiger partial charge in [-0.3, -0.25) is 4.79 Å². The second-order valence-corrected chi connectivity index (χ2v) is 11.3. The standard InChI is InChI=1S/C35H34Cl2N2O/c36-32-16-15-30(24-33(32)37)31(23-25-11-13-29(14-12-25)35(38)40)19-22-39-20-17-28(18-21-39)34(26-7-3-1-4-8-26)27-9-5-2-6-10-27/h1-16,24,31H,17-23H2,(H2,38,40). The van der Waals surface area contributed by atoms with E-state index in [1.54, 1.807) is 12.1 Å². The van der Waals surface area contributed by atoms with Crippen LogP contribution in [0, 0.1) is 0 Å². The molecule has 1 amide bonds. The van der Waals surface area contributed by atoms with E-state index in [1.165, 1.54) is 33.4 Å². The number of benzene rings is 4. The van der Waals surface area contributed by atoms with Crippen LogP contribution >= 0.6 is 23.2 Å². The summed E-state index contributed by atoms with van der Waals surface area (Å²) >= 11 is 12.6. The van der Waals surface area contributed by atoms with Crippen molar-refractivity contribution in [3.63, 3.8) is 0 Å². The number of likely N-dealkylation sites (tertiary alicyclic amines) is 1. The first-order valence-corrected chi connectivity index (χ1v) is 14.6. The summed E-state index contributed by atoms with van der Waals surface area (Å²) < 4.78 is 0. The predicted octanol–water partition coefficient (Wildman–Crippen LogP) is 8.41. The summed E-state index contributed by atoms with van der Waals surface area (Å²) in [7, 11) is 0. The zero-order valence-electron chi connectivity index (χ0n) is 22.5. The van der Waals surface area contributed by atoms with E-state index in [1.807, 2.05) is 24.3 Å². The molecule has 1 fully saturated rings. The summed E-state index contributed by atoms with van der Waals surface area (Å²) in [5.41, 5.74) is 13.8. The lowest BCUT2D eigenvalue weighted by Crippen LogP contribution is -2.33. The van der Waals surface area contributed by atoms with Crippen molar-refractivity contribution in [3.05, 3.63) is 147 Å². The monoisotopic (exact) mass is 568 g/mol. The van der Waals surface area contributed by atoms with E-state index >= 15 is 0 Å². The highest BCUT2D eigenvalue weighted by Gasteiger charge is 2.21. The minimum absolute atomic E-state index is 0.273. The molecule has 0 spiro atoms. The first kappa shape index (κ1) is 28.2. The van der Waals surface area contributed by atoms with Crippen molar-refractivity contribution in [2.45, 2.75) is 31.6 Å². The highest BCUT2D eigenvalue weighted by Crippen LogP contribution is 2.34. The number of carbonyl (C=O) groups is 1. The Morgan fingerprint density at radius 3 is 1.90 bits per heavy atom. The van der Waals surface area contributed by atoms with E-state index in [0.29, 0.717) is 15.6 Å². The van der Waals surface area contributed by atoms with Crippen molar-refractivity contribution in [1.82, 2.24) is 4.90 Å². The van der Waals surface area contributed by atoms with Crippen molar-refractivity contribution in [2.75, 3.05) is 19.6 Å². The molecule has 2 N–H and O–H groups in total. The van der Waals surface area contributed by atoms with E-state index in [-0.39, 0.29) is 5.92 Å². The second kappa shape index (κ2) is 13.3. The molecule has 4 aromatic rings. The van der Waals surface area contributed by atoms with Gasteiger partial charge in [-0.05, 0) is 90.2 Å². The lowest BCUT2D eigenvalue weighted by Gasteiger charge is -2.31. The van der Waals surface area contributed by atoms with Crippen LogP contribution in [0.15, 0.2) is 109 Å². The fraction of sp³-hybridized carbons (Fsp3) is 0.229. The quantitative estimate of drug-likeness (QED) is 0.220. The van der Waals surface area contributed by atoms with Crippen LogP contribution in [0.1, 0.15) is 57.8 Å². The van der Waals surface area contributed by atoms with Crippen LogP contribution in [0.5, 0.6) is 0 Å². The minimum atomic E-state index is -0.409. The third-order valence-electron chi connectivity index (χ3n) is 7.87. The normalized spacial score (nSPS) is 14.6. The lowest BCUT2D eigenvalue weighted by atomic mass is 9.87. The molecule has 0 bridgehead atoms. The molecule has 1 atom stereocenters. The third-order valence-corrected chi connectivity index (χ3v) is 8.61. The first-order chi connectivity index (χ1) is 19.5. The highest BCUT2D eigenvalue weighted by atomic mass is 35.5. The van der Waals surface area contributed by atoms with Gasteiger partial charge in [0.05, 0.1) is 10.0 Å². The molecule has 40 heavy (non-hydrogen) atoms. The van der Waals surface area contributed by atoms with Crippen LogP contribution in [0.4, 0.5) is 0 Å². The SMILES string of the molecule is NC(=O)c1ccc(CC(CCN2CCC(=C(c3ccccc3)c3ccccc3)CC2)c2ccc(Cl)c(Cl)c2)cc1. The van der Waals surface area contributed by atoms with Crippen LogP contribution in [0.3, 0.4) is 0 Å². The number of halogens is 2. The number of primary amides is 1. The predicted molar refractivity (Wildman–Crippen MR) is 167 cm³/mol. The first-order valence-electron chi connectivity index (χ1n) is 13.9. The molecule has 3 nitrogen and oxygen atoms in total. The van der Waals surface area contributed by atoms with Gasteiger partial charge in [0, 0.05) is 18.7 Å². The molecule has 5 heteroatoms. The molecule has 1 heterocycles. The van der Waals surface area contributed by atoms with Crippen molar-refractivity contribution in [1.29, 1.82) is 0 Å². The largest absolute Gasteiger partial charge is 0.366 e. The van der Waals surface area contributed by atoms with Crippen LogP contribution in [0.2, 0.25) is 10.0 Å². The number of nitrogens with two attached hydrogens (primary N) is 1. The molecule has 1 aliphatic heterocycles. The number of amides is 1. The molecule has 1 unspecified atom stereocenters. The van der Waals surface area contributed by atoms with E-state index in [4.69, 9.17) is 28.9 Å². The Kier molecular flexibility index (Phi) is 9.38. The Morgan fingerprint density at radius 1 is 0.750 bits per heavy atom. The van der Waals surface area contributed by atoms with Crippen molar-refractivity contribution < 1.29 is 4.79 Å². The molecular weight excluding hydrogens is 535 g/mol. The van der Waals surface area contributed by atoms with Gasteiger partial charge in [0.2, 0.25) is 5.91 Å². The lowest BCUT2D eigenvalue weighted by molar-refractivity contribution is 0.100. The highest BCUT2D eigenvalue weighted by molar-refractivity contribution is 6.42. The van der Waals surface area contributed by atoms with Crippen LogP contribution in [0.25, 0.3) is 5.57 Å². The van der Waals surface area contributed by atoms with Gasteiger partial charge in [0.15, 0.2) is 0 Å². The summed E-state index contributed by atoms with van der Waals surface area (Å²) in [6, 6.07) is 35.1. The minimum Gasteiger partial charge on any atom is -0.366 e. The van der Waals surface area contributed by atoms with E-state index < -0.39 is 5.91 Å². The number of carbonyl (C=O) groups excluding carboxylic acids is 1. The van der Waals surface area contributed by atoms with Crippen LogP contribution in [-0.2, 0) is 6.42 Å². The van der Waals surface area contributed by atoms with Gasteiger partial charge < -0.3 is 10.6 Å². The Hall–Kier alpha value is -3.37. The molecule has 0 aliphatic carbocycles.